The molecule has 5 heteroatoms. The summed E-state index contributed by atoms with van der Waals surface area (Å²) >= 11 is 0. The van der Waals surface area contributed by atoms with Gasteiger partial charge in [-0.3, -0.25) is 9.69 Å². The monoisotopic (exact) mass is 283 g/mol. The zero-order valence-electron chi connectivity index (χ0n) is 12.5. The lowest BCUT2D eigenvalue weighted by molar-refractivity contribution is -0.132. The maximum absolute atomic E-state index is 12.4. The van der Waals surface area contributed by atoms with Crippen molar-refractivity contribution in [2.24, 2.45) is 11.7 Å². The number of hydrogen-bond acceptors (Lipinski definition) is 4. The Hall–Kier alpha value is -0.650. The maximum Gasteiger partial charge on any atom is 0.222 e. The number of rotatable bonds is 4. The Balaban J connectivity index is 1.74. The highest BCUT2D eigenvalue weighted by Gasteiger charge is 2.24. The van der Waals surface area contributed by atoms with E-state index in [1.165, 1.54) is 0 Å². The minimum absolute atomic E-state index is 0.205. The molecule has 116 valence electrons. The molecule has 0 spiro atoms. The molecule has 0 unspecified atom stereocenters. The molecule has 2 aliphatic rings. The van der Waals surface area contributed by atoms with Gasteiger partial charge in [-0.1, -0.05) is 0 Å². The number of amides is 1. The Morgan fingerprint density at radius 3 is 2.55 bits per heavy atom. The molecule has 0 aromatic rings. The summed E-state index contributed by atoms with van der Waals surface area (Å²) < 4.78 is 0. The molecule has 0 radical (unpaired) electrons. The van der Waals surface area contributed by atoms with Gasteiger partial charge in [0.1, 0.15) is 0 Å². The fourth-order valence-corrected chi connectivity index (χ4v) is 3.35. The fraction of sp³-hybridized carbons (Fsp3) is 0.933. The van der Waals surface area contributed by atoms with E-state index in [1.54, 1.807) is 0 Å². The normalized spacial score (nSPS) is 29.2. The van der Waals surface area contributed by atoms with Crippen molar-refractivity contribution in [3.63, 3.8) is 0 Å². The number of aliphatic hydroxyl groups is 1. The molecule has 2 fully saturated rings. The van der Waals surface area contributed by atoms with Crippen molar-refractivity contribution in [1.29, 1.82) is 0 Å². The summed E-state index contributed by atoms with van der Waals surface area (Å²) in [6, 6.07) is 0.353. The van der Waals surface area contributed by atoms with Gasteiger partial charge in [0.15, 0.2) is 0 Å². The summed E-state index contributed by atoms with van der Waals surface area (Å²) in [7, 11) is 0. The van der Waals surface area contributed by atoms with Gasteiger partial charge in [0.25, 0.3) is 0 Å². The van der Waals surface area contributed by atoms with E-state index in [9.17, 15) is 4.79 Å². The third-order valence-corrected chi connectivity index (χ3v) is 4.71. The van der Waals surface area contributed by atoms with Crippen LogP contribution in [-0.4, -0.2) is 66.2 Å². The Morgan fingerprint density at radius 1 is 1.10 bits per heavy atom. The number of aliphatic hydroxyl groups excluding tert-OH is 1. The minimum Gasteiger partial charge on any atom is -0.395 e. The number of nitrogens with zero attached hydrogens (tertiary/aromatic N) is 2. The SMILES string of the molecule is NC1CCC(CC(=O)N2CCCN(CCO)CC2)CC1. The van der Waals surface area contributed by atoms with Gasteiger partial charge >= 0.3 is 0 Å². The van der Waals surface area contributed by atoms with E-state index >= 15 is 0 Å². The van der Waals surface area contributed by atoms with Crippen LogP contribution in [0.4, 0.5) is 0 Å². The zero-order chi connectivity index (χ0) is 14.4. The molecule has 0 atom stereocenters. The second-order valence-electron chi connectivity index (χ2n) is 6.28. The number of nitrogens with two attached hydrogens (primary N) is 1. The fourth-order valence-electron chi connectivity index (χ4n) is 3.35. The Labute approximate surface area is 122 Å². The van der Waals surface area contributed by atoms with Gasteiger partial charge in [-0.15, -0.1) is 0 Å². The van der Waals surface area contributed by atoms with E-state index < -0.39 is 0 Å². The molecule has 0 aromatic heterocycles. The summed E-state index contributed by atoms with van der Waals surface area (Å²) in [5.74, 6) is 0.857. The molecule has 1 saturated carbocycles. The molecule has 2 rings (SSSR count). The van der Waals surface area contributed by atoms with Gasteiger partial charge in [-0.25, -0.2) is 0 Å². The van der Waals surface area contributed by atoms with Crippen LogP contribution in [0.1, 0.15) is 38.5 Å². The molecule has 0 bridgehead atoms. The molecule has 1 aliphatic carbocycles. The minimum atomic E-state index is 0.205. The Bertz CT molecular complexity index is 303. The van der Waals surface area contributed by atoms with Crippen molar-refractivity contribution < 1.29 is 9.90 Å². The molecule has 1 heterocycles. The predicted octanol–water partition coefficient (Wildman–Crippen LogP) is 0.421. The number of hydrogen-bond donors (Lipinski definition) is 2. The third-order valence-electron chi connectivity index (χ3n) is 4.71. The van der Waals surface area contributed by atoms with Gasteiger partial charge in [0.05, 0.1) is 6.61 Å². The molecular weight excluding hydrogens is 254 g/mol. The first-order valence-corrected chi connectivity index (χ1v) is 8.05. The van der Waals surface area contributed by atoms with Crippen molar-refractivity contribution in [2.45, 2.75) is 44.6 Å². The summed E-state index contributed by atoms with van der Waals surface area (Å²) in [4.78, 5) is 16.7. The largest absolute Gasteiger partial charge is 0.395 e. The van der Waals surface area contributed by atoms with Crippen LogP contribution >= 0.6 is 0 Å². The molecule has 3 N–H and O–H groups in total. The third kappa shape index (κ3) is 4.72. The zero-order valence-corrected chi connectivity index (χ0v) is 12.5. The lowest BCUT2D eigenvalue weighted by Crippen LogP contribution is -2.37. The van der Waals surface area contributed by atoms with E-state index in [-0.39, 0.29) is 6.61 Å². The van der Waals surface area contributed by atoms with Crippen LogP contribution in [0.25, 0.3) is 0 Å². The maximum atomic E-state index is 12.4. The number of carbonyl (C=O) groups is 1. The van der Waals surface area contributed by atoms with Crippen LogP contribution < -0.4 is 5.73 Å². The smallest absolute Gasteiger partial charge is 0.222 e. The van der Waals surface area contributed by atoms with E-state index in [2.05, 4.69) is 4.90 Å². The first-order chi connectivity index (χ1) is 9.69. The Morgan fingerprint density at radius 2 is 1.85 bits per heavy atom. The summed E-state index contributed by atoms with van der Waals surface area (Å²) in [5.41, 5.74) is 5.91. The number of β-amino-alcohol motifs (C(OH)–C–C–N with tert-alkyl or cyclic N) is 1. The molecule has 0 aromatic carbocycles. The van der Waals surface area contributed by atoms with Crippen LogP contribution in [0.3, 0.4) is 0 Å². The van der Waals surface area contributed by atoms with Crippen molar-refractivity contribution in [1.82, 2.24) is 9.80 Å². The Kier molecular flexibility index (Phi) is 6.26. The van der Waals surface area contributed by atoms with E-state index in [0.29, 0.717) is 24.3 Å². The van der Waals surface area contributed by atoms with E-state index in [4.69, 9.17) is 10.8 Å². The summed E-state index contributed by atoms with van der Waals surface area (Å²) in [5, 5.41) is 8.99. The van der Waals surface area contributed by atoms with Crippen molar-refractivity contribution in [2.75, 3.05) is 39.3 Å². The van der Waals surface area contributed by atoms with Crippen LogP contribution in [0.15, 0.2) is 0 Å². The van der Waals surface area contributed by atoms with Gasteiger partial charge < -0.3 is 15.7 Å². The van der Waals surface area contributed by atoms with Crippen LogP contribution in [0, 0.1) is 5.92 Å². The van der Waals surface area contributed by atoms with E-state index in [0.717, 1.165) is 64.8 Å². The quantitative estimate of drug-likeness (QED) is 0.784. The molecule has 1 amide bonds. The molecule has 1 saturated heterocycles. The molecule has 5 nitrogen and oxygen atoms in total. The van der Waals surface area contributed by atoms with Gasteiger partial charge in [-0.05, 0) is 44.6 Å². The predicted molar refractivity (Wildman–Crippen MR) is 79.3 cm³/mol. The highest BCUT2D eigenvalue weighted by Crippen LogP contribution is 2.26. The standard InChI is InChI=1S/C15H29N3O2/c16-14-4-2-13(3-5-14)12-15(20)18-7-1-6-17(8-9-18)10-11-19/h13-14,19H,1-12,16H2. The lowest BCUT2D eigenvalue weighted by Gasteiger charge is -2.28. The average molecular weight is 283 g/mol. The summed E-state index contributed by atoms with van der Waals surface area (Å²) in [6.45, 7) is 4.49. The topological polar surface area (TPSA) is 69.8 Å². The van der Waals surface area contributed by atoms with Gasteiger partial charge in [0.2, 0.25) is 5.91 Å². The second kappa shape index (κ2) is 7.96. The molecule has 1 aliphatic heterocycles. The van der Waals surface area contributed by atoms with Crippen LogP contribution in [0.2, 0.25) is 0 Å². The van der Waals surface area contributed by atoms with Crippen molar-refractivity contribution in [3.8, 4) is 0 Å². The highest BCUT2D eigenvalue weighted by molar-refractivity contribution is 5.76. The molecule has 20 heavy (non-hydrogen) atoms. The lowest BCUT2D eigenvalue weighted by atomic mass is 9.84. The van der Waals surface area contributed by atoms with Crippen LogP contribution in [0.5, 0.6) is 0 Å². The van der Waals surface area contributed by atoms with Gasteiger partial charge in [0, 0.05) is 38.6 Å². The number of carbonyl (C=O) groups excluding carboxylic acids is 1. The first-order valence-electron chi connectivity index (χ1n) is 8.05. The summed E-state index contributed by atoms with van der Waals surface area (Å²) in [6.07, 6.45) is 6.08. The van der Waals surface area contributed by atoms with Gasteiger partial charge in [-0.2, -0.15) is 0 Å². The van der Waals surface area contributed by atoms with Crippen molar-refractivity contribution in [3.05, 3.63) is 0 Å². The highest BCUT2D eigenvalue weighted by atomic mass is 16.3. The van der Waals surface area contributed by atoms with E-state index in [1.807, 2.05) is 4.90 Å². The van der Waals surface area contributed by atoms with Crippen molar-refractivity contribution >= 4 is 5.91 Å². The first kappa shape index (κ1) is 15.7. The van der Waals surface area contributed by atoms with Crippen LogP contribution in [-0.2, 0) is 4.79 Å². The molecular formula is C15H29N3O2. The average Bonchev–Trinajstić information content (AvgIpc) is 2.67. The second-order valence-corrected chi connectivity index (χ2v) is 6.28.